The summed E-state index contributed by atoms with van der Waals surface area (Å²) < 4.78 is 16.2. The lowest BCUT2D eigenvalue weighted by Gasteiger charge is -2.11. The van der Waals surface area contributed by atoms with Crippen molar-refractivity contribution < 1.29 is 9.18 Å². The molecule has 0 saturated carbocycles. The number of aryl methyl sites for hydroxylation is 2. The van der Waals surface area contributed by atoms with Crippen molar-refractivity contribution in [1.29, 1.82) is 0 Å². The van der Waals surface area contributed by atoms with E-state index in [4.69, 9.17) is 0 Å². The van der Waals surface area contributed by atoms with E-state index in [0.29, 0.717) is 29.1 Å². The zero-order chi connectivity index (χ0) is 22.0. The van der Waals surface area contributed by atoms with Crippen molar-refractivity contribution in [3.8, 4) is 5.69 Å². The normalized spacial score (nSPS) is 11.1. The Balaban J connectivity index is 1.49. The van der Waals surface area contributed by atoms with Gasteiger partial charge in [-0.25, -0.2) is 14.1 Å². The second kappa shape index (κ2) is 8.51. The van der Waals surface area contributed by atoms with Crippen molar-refractivity contribution in [2.45, 2.75) is 33.4 Å². The highest BCUT2D eigenvalue weighted by Crippen LogP contribution is 2.15. The lowest BCUT2D eigenvalue weighted by atomic mass is 10.1. The van der Waals surface area contributed by atoms with Crippen molar-refractivity contribution in [3.05, 3.63) is 87.9 Å². The lowest BCUT2D eigenvalue weighted by molar-refractivity contribution is -0.121. The molecule has 2 aromatic heterocycles. The molecule has 0 unspecified atom stereocenters. The molecule has 8 heteroatoms. The van der Waals surface area contributed by atoms with Crippen LogP contribution >= 0.6 is 0 Å². The first-order valence-corrected chi connectivity index (χ1v) is 9.96. The molecule has 0 radical (unpaired) electrons. The average Bonchev–Trinajstić information content (AvgIpc) is 3.17. The molecule has 4 aromatic rings. The molecular weight excluding hydrogens is 397 g/mol. The van der Waals surface area contributed by atoms with Crippen LogP contribution in [0.15, 0.2) is 59.5 Å². The minimum absolute atomic E-state index is 0.144. The number of nitrogens with one attached hydrogen (secondary N) is 1. The summed E-state index contributed by atoms with van der Waals surface area (Å²) in [5.41, 5.74) is 2.92. The van der Waals surface area contributed by atoms with Gasteiger partial charge in [-0.05, 0) is 43.7 Å². The zero-order valence-corrected chi connectivity index (χ0v) is 17.3. The van der Waals surface area contributed by atoms with E-state index in [-0.39, 0.29) is 30.2 Å². The van der Waals surface area contributed by atoms with Crippen molar-refractivity contribution in [2.75, 3.05) is 0 Å². The van der Waals surface area contributed by atoms with Gasteiger partial charge in [-0.15, -0.1) is 0 Å². The van der Waals surface area contributed by atoms with Crippen molar-refractivity contribution in [1.82, 2.24) is 24.6 Å². The number of hydrogen-bond acceptors (Lipinski definition) is 4. The van der Waals surface area contributed by atoms with E-state index in [2.05, 4.69) is 15.4 Å². The van der Waals surface area contributed by atoms with Crippen LogP contribution in [-0.4, -0.2) is 25.2 Å². The van der Waals surface area contributed by atoms with Gasteiger partial charge in [0.25, 0.3) is 5.56 Å². The summed E-state index contributed by atoms with van der Waals surface area (Å²) in [6.07, 6.45) is 1.60. The van der Waals surface area contributed by atoms with Crippen LogP contribution in [0.25, 0.3) is 16.7 Å². The maximum Gasteiger partial charge on any atom is 0.264 e. The van der Waals surface area contributed by atoms with Crippen molar-refractivity contribution in [3.63, 3.8) is 0 Å². The minimum atomic E-state index is -0.354. The van der Waals surface area contributed by atoms with Gasteiger partial charge in [0, 0.05) is 19.5 Å². The van der Waals surface area contributed by atoms with Gasteiger partial charge in [-0.1, -0.05) is 29.8 Å². The molecule has 0 aliphatic heterocycles. The highest BCUT2D eigenvalue weighted by atomic mass is 19.1. The predicted molar refractivity (Wildman–Crippen MR) is 115 cm³/mol. The second-order valence-corrected chi connectivity index (χ2v) is 7.40. The maximum atomic E-state index is 13.2. The Hall–Kier alpha value is -3.81. The largest absolute Gasteiger partial charge is 0.352 e. The fourth-order valence-electron chi connectivity index (χ4n) is 3.35. The number of rotatable bonds is 6. The Morgan fingerprint density at radius 2 is 1.77 bits per heavy atom. The van der Waals surface area contributed by atoms with Crippen LogP contribution in [0.5, 0.6) is 0 Å². The van der Waals surface area contributed by atoms with E-state index in [1.165, 1.54) is 27.6 Å². The van der Waals surface area contributed by atoms with Crippen molar-refractivity contribution in [2.24, 2.45) is 0 Å². The van der Waals surface area contributed by atoms with Gasteiger partial charge in [0.05, 0.1) is 11.9 Å². The van der Waals surface area contributed by atoms with Gasteiger partial charge in [0.1, 0.15) is 17.0 Å². The molecule has 1 amide bonds. The highest BCUT2D eigenvalue weighted by Gasteiger charge is 2.15. The third kappa shape index (κ3) is 4.37. The van der Waals surface area contributed by atoms with Gasteiger partial charge < -0.3 is 5.32 Å². The summed E-state index contributed by atoms with van der Waals surface area (Å²) in [5, 5.41) is 7.46. The number of carbonyl (C=O) groups is 1. The fourth-order valence-corrected chi connectivity index (χ4v) is 3.35. The first kappa shape index (κ1) is 20.5. The van der Waals surface area contributed by atoms with E-state index >= 15 is 0 Å². The molecule has 0 bridgehead atoms. The highest BCUT2D eigenvalue weighted by molar-refractivity contribution is 5.76. The Morgan fingerprint density at radius 3 is 2.48 bits per heavy atom. The number of aromatic nitrogens is 4. The molecule has 0 aliphatic carbocycles. The van der Waals surface area contributed by atoms with E-state index in [1.54, 1.807) is 19.1 Å². The van der Waals surface area contributed by atoms with Crippen LogP contribution < -0.4 is 10.9 Å². The molecule has 0 fully saturated rings. The third-order valence-electron chi connectivity index (χ3n) is 5.12. The molecule has 158 valence electrons. The van der Waals surface area contributed by atoms with Crippen LogP contribution in [-0.2, 0) is 17.9 Å². The summed E-state index contributed by atoms with van der Waals surface area (Å²) in [4.78, 5) is 29.7. The van der Waals surface area contributed by atoms with E-state index < -0.39 is 0 Å². The Kier molecular flexibility index (Phi) is 5.62. The smallest absolute Gasteiger partial charge is 0.264 e. The monoisotopic (exact) mass is 419 g/mol. The number of carbonyl (C=O) groups excluding carboxylic acids is 1. The van der Waals surface area contributed by atoms with Crippen LogP contribution in [0.4, 0.5) is 4.39 Å². The molecular formula is C23H22FN5O2. The van der Waals surface area contributed by atoms with Gasteiger partial charge in [-0.3, -0.25) is 14.2 Å². The van der Waals surface area contributed by atoms with E-state index in [1.807, 2.05) is 31.2 Å². The van der Waals surface area contributed by atoms with Gasteiger partial charge in [-0.2, -0.15) is 5.10 Å². The van der Waals surface area contributed by atoms with Gasteiger partial charge in [0.15, 0.2) is 5.65 Å². The van der Waals surface area contributed by atoms with Crippen LogP contribution in [0, 0.1) is 19.7 Å². The molecule has 2 heterocycles. The summed E-state index contributed by atoms with van der Waals surface area (Å²) in [6, 6.07) is 13.7. The van der Waals surface area contributed by atoms with Crippen LogP contribution in [0.1, 0.15) is 23.4 Å². The molecule has 0 atom stereocenters. The second-order valence-electron chi connectivity index (χ2n) is 7.40. The standard InChI is InChI=1S/C23H22FN5O2/c1-15-3-5-17(6-4-15)13-25-21(30)11-12-28-16(2)27-22-20(23(28)31)14-26-29(22)19-9-7-18(24)8-10-19/h3-10,14H,11-13H2,1-2H3,(H,25,30). The Labute approximate surface area is 178 Å². The Morgan fingerprint density at radius 1 is 1.06 bits per heavy atom. The first-order chi connectivity index (χ1) is 14.9. The number of amides is 1. The number of halogens is 1. The SMILES string of the molecule is Cc1ccc(CNC(=O)CCn2c(C)nc3c(cnn3-c3ccc(F)cc3)c2=O)cc1. The molecule has 7 nitrogen and oxygen atoms in total. The number of fused-ring (bicyclic) bond motifs is 1. The molecule has 2 aromatic carbocycles. The molecule has 0 saturated heterocycles. The van der Waals surface area contributed by atoms with Crippen LogP contribution in [0.2, 0.25) is 0 Å². The topological polar surface area (TPSA) is 81.8 Å². The fraction of sp³-hybridized carbons (Fsp3) is 0.217. The molecule has 1 N–H and O–H groups in total. The van der Waals surface area contributed by atoms with E-state index in [0.717, 1.165) is 11.1 Å². The molecule has 4 rings (SSSR count). The number of hydrogen-bond donors (Lipinski definition) is 1. The quantitative estimate of drug-likeness (QED) is 0.521. The molecule has 31 heavy (non-hydrogen) atoms. The molecule has 0 aliphatic rings. The minimum Gasteiger partial charge on any atom is -0.352 e. The maximum absolute atomic E-state index is 13.2. The lowest BCUT2D eigenvalue weighted by Crippen LogP contribution is -2.29. The summed E-state index contributed by atoms with van der Waals surface area (Å²) in [5.74, 6) is -0.0194. The predicted octanol–water partition coefficient (Wildman–Crippen LogP) is 3.04. The molecule has 0 spiro atoms. The first-order valence-electron chi connectivity index (χ1n) is 9.96. The van der Waals surface area contributed by atoms with E-state index in [9.17, 15) is 14.0 Å². The summed E-state index contributed by atoms with van der Waals surface area (Å²) in [6.45, 7) is 4.38. The Bertz CT molecular complexity index is 1290. The van der Waals surface area contributed by atoms with Crippen LogP contribution in [0.3, 0.4) is 0 Å². The van der Waals surface area contributed by atoms with Crippen molar-refractivity contribution >= 4 is 16.9 Å². The number of benzene rings is 2. The average molecular weight is 419 g/mol. The van der Waals surface area contributed by atoms with Gasteiger partial charge >= 0.3 is 0 Å². The number of nitrogens with zero attached hydrogens (tertiary/aromatic N) is 4. The van der Waals surface area contributed by atoms with Gasteiger partial charge in [0.2, 0.25) is 5.91 Å². The summed E-state index contributed by atoms with van der Waals surface area (Å²) in [7, 11) is 0. The summed E-state index contributed by atoms with van der Waals surface area (Å²) >= 11 is 0. The zero-order valence-electron chi connectivity index (χ0n) is 17.3. The third-order valence-corrected chi connectivity index (χ3v) is 5.12.